The van der Waals surface area contributed by atoms with Gasteiger partial charge in [-0.05, 0) is 47.5 Å². The molecule has 0 spiro atoms. The lowest BCUT2D eigenvalue weighted by Gasteiger charge is -2.32. The molecule has 0 fully saturated rings. The molecule has 3 unspecified atom stereocenters. The Morgan fingerprint density at radius 3 is 2.32 bits per heavy atom. The first-order valence-corrected chi connectivity index (χ1v) is 11.0. The fourth-order valence-electron chi connectivity index (χ4n) is 4.78. The molecule has 0 amide bonds. The molecular weight excluding hydrogens is 438 g/mol. The summed E-state index contributed by atoms with van der Waals surface area (Å²) in [5, 5.41) is 6.81. The number of para-hydroxylation sites is 2. The van der Waals surface area contributed by atoms with E-state index in [1.165, 1.54) is 6.07 Å². The van der Waals surface area contributed by atoms with Gasteiger partial charge in [-0.25, -0.2) is 8.78 Å². The lowest BCUT2D eigenvalue weighted by atomic mass is 9.76. The smallest absolute Gasteiger partial charge is 0.161 e. The lowest BCUT2D eigenvalue weighted by molar-refractivity contribution is -0.122. The quantitative estimate of drug-likeness (QED) is 0.512. The molecular formula is C27H24F2N2O3. The van der Waals surface area contributed by atoms with Gasteiger partial charge in [-0.15, -0.1) is 0 Å². The average molecular weight is 462 g/mol. The monoisotopic (exact) mass is 462 g/mol. The maximum atomic E-state index is 14.1. The van der Waals surface area contributed by atoms with Crippen molar-refractivity contribution in [3.8, 4) is 11.5 Å². The van der Waals surface area contributed by atoms with Crippen LogP contribution in [-0.2, 0) is 4.79 Å². The Bertz CT molecular complexity index is 1290. The van der Waals surface area contributed by atoms with Gasteiger partial charge in [-0.3, -0.25) is 4.79 Å². The highest BCUT2D eigenvalue weighted by atomic mass is 19.2. The van der Waals surface area contributed by atoms with Crippen LogP contribution in [0.25, 0.3) is 0 Å². The van der Waals surface area contributed by atoms with Crippen LogP contribution in [0.3, 0.4) is 0 Å². The van der Waals surface area contributed by atoms with E-state index in [1.54, 1.807) is 14.2 Å². The number of carbonyl (C=O) groups excluding carboxylic acids is 1. The molecule has 1 aliphatic heterocycles. The number of nitrogens with one attached hydrogen (secondary N) is 2. The van der Waals surface area contributed by atoms with E-state index in [-0.39, 0.29) is 18.1 Å². The number of rotatable bonds is 4. The van der Waals surface area contributed by atoms with Gasteiger partial charge in [-0.1, -0.05) is 30.3 Å². The minimum Gasteiger partial charge on any atom is -0.493 e. The molecule has 3 atom stereocenters. The fraction of sp³-hybridized carbons (Fsp3) is 0.222. The van der Waals surface area contributed by atoms with Gasteiger partial charge in [0.2, 0.25) is 0 Å². The molecule has 0 radical (unpaired) electrons. The van der Waals surface area contributed by atoms with Crippen molar-refractivity contribution in [2.45, 2.75) is 18.4 Å². The number of Topliss-reactive ketones (excluding diaryl/α,β-unsaturated/α-hetero) is 1. The number of benzene rings is 3. The highest BCUT2D eigenvalue weighted by Crippen LogP contribution is 2.45. The number of ether oxygens (including phenoxy) is 2. The zero-order valence-corrected chi connectivity index (χ0v) is 18.8. The highest BCUT2D eigenvalue weighted by molar-refractivity contribution is 5.90. The maximum Gasteiger partial charge on any atom is 0.161 e. The van der Waals surface area contributed by atoms with Crippen molar-refractivity contribution < 1.29 is 23.0 Å². The second-order valence-corrected chi connectivity index (χ2v) is 8.46. The molecule has 5 nitrogen and oxygen atoms in total. The van der Waals surface area contributed by atoms with Crippen LogP contribution in [0.15, 0.2) is 72.4 Å². The molecule has 174 valence electrons. The number of anilines is 2. The van der Waals surface area contributed by atoms with Gasteiger partial charge in [0.15, 0.2) is 23.1 Å². The van der Waals surface area contributed by atoms with Crippen LogP contribution in [0.5, 0.6) is 11.5 Å². The first-order chi connectivity index (χ1) is 16.5. The van der Waals surface area contributed by atoms with E-state index in [4.69, 9.17) is 9.47 Å². The Kier molecular flexibility index (Phi) is 5.69. The van der Waals surface area contributed by atoms with E-state index in [9.17, 15) is 13.6 Å². The van der Waals surface area contributed by atoms with Gasteiger partial charge in [0, 0.05) is 18.0 Å². The van der Waals surface area contributed by atoms with Crippen molar-refractivity contribution in [1.82, 2.24) is 0 Å². The Morgan fingerprint density at radius 1 is 0.853 bits per heavy atom. The van der Waals surface area contributed by atoms with E-state index in [0.29, 0.717) is 17.1 Å². The Balaban J connectivity index is 1.60. The molecule has 0 aromatic heterocycles. The number of allylic oxidation sites excluding steroid dienone is 1. The number of ketones is 1. The minimum atomic E-state index is -0.943. The summed E-state index contributed by atoms with van der Waals surface area (Å²) in [5.74, 6) is -1.43. The molecule has 34 heavy (non-hydrogen) atoms. The van der Waals surface area contributed by atoms with Crippen molar-refractivity contribution in [3.05, 3.63) is 95.2 Å². The number of fused-ring (bicyclic) bond motifs is 2. The fourth-order valence-corrected chi connectivity index (χ4v) is 4.78. The molecule has 0 saturated heterocycles. The molecule has 0 bridgehead atoms. The number of methoxy groups -OCH3 is 2. The molecule has 3 aromatic carbocycles. The minimum absolute atomic E-state index is 0.000163. The third-order valence-electron chi connectivity index (χ3n) is 6.47. The summed E-state index contributed by atoms with van der Waals surface area (Å²) >= 11 is 0. The standard InChI is InChI=1S/C27H24F2N2O3/c1-33-24-10-8-15(14-25(24)34-2)17-12-22-26(23(32)13-17)27(16-7-9-18(28)19(29)11-16)31-21-6-4-3-5-20(21)30-22/h3-12,14,17,26-27,30-31H,13H2,1-2H3. The second kappa shape index (κ2) is 8.82. The lowest BCUT2D eigenvalue weighted by Crippen LogP contribution is -2.34. The van der Waals surface area contributed by atoms with E-state index in [1.807, 2.05) is 48.5 Å². The van der Waals surface area contributed by atoms with Crippen LogP contribution in [0.1, 0.15) is 29.5 Å². The molecule has 3 aromatic rings. The maximum absolute atomic E-state index is 14.1. The average Bonchev–Trinajstić information content (AvgIpc) is 3.02. The van der Waals surface area contributed by atoms with Crippen LogP contribution in [0, 0.1) is 17.6 Å². The summed E-state index contributed by atoms with van der Waals surface area (Å²) in [5.41, 5.74) is 3.75. The molecule has 5 rings (SSSR count). The van der Waals surface area contributed by atoms with Gasteiger partial charge >= 0.3 is 0 Å². The summed E-state index contributed by atoms with van der Waals surface area (Å²) in [6.07, 6.45) is 2.31. The Morgan fingerprint density at radius 2 is 1.59 bits per heavy atom. The Hall–Kier alpha value is -3.87. The van der Waals surface area contributed by atoms with Gasteiger partial charge < -0.3 is 20.1 Å². The predicted octanol–water partition coefficient (Wildman–Crippen LogP) is 5.82. The molecule has 7 heteroatoms. The molecule has 2 N–H and O–H groups in total. The first kappa shape index (κ1) is 21.9. The van der Waals surface area contributed by atoms with Crippen LogP contribution >= 0.6 is 0 Å². The van der Waals surface area contributed by atoms with Crippen LogP contribution in [0.4, 0.5) is 20.2 Å². The summed E-state index contributed by atoms with van der Waals surface area (Å²) in [4.78, 5) is 13.6. The van der Waals surface area contributed by atoms with Crippen molar-refractivity contribution in [3.63, 3.8) is 0 Å². The predicted molar refractivity (Wildman–Crippen MR) is 126 cm³/mol. The van der Waals surface area contributed by atoms with Gasteiger partial charge in [0.05, 0.1) is 37.6 Å². The third-order valence-corrected chi connectivity index (χ3v) is 6.47. The summed E-state index contributed by atoms with van der Waals surface area (Å²) in [6, 6.07) is 16.4. The number of carbonyl (C=O) groups is 1. The van der Waals surface area contributed by atoms with Crippen LogP contribution in [-0.4, -0.2) is 20.0 Å². The second-order valence-electron chi connectivity index (χ2n) is 8.46. The first-order valence-electron chi connectivity index (χ1n) is 11.0. The topological polar surface area (TPSA) is 59.6 Å². The van der Waals surface area contributed by atoms with E-state index >= 15 is 0 Å². The summed E-state index contributed by atoms with van der Waals surface area (Å²) < 4.78 is 38.6. The molecule has 1 aliphatic carbocycles. The normalized spacial score (nSPS) is 21.2. The van der Waals surface area contributed by atoms with Crippen LogP contribution < -0.4 is 20.1 Å². The van der Waals surface area contributed by atoms with Crippen molar-refractivity contribution >= 4 is 17.2 Å². The van der Waals surface area contributed by atoms with Crippen molar-refractivity contribution in [1.29, 1.82) is 0 Å². The van der Waals surface area contributed by atoms with Gasteiger partial charge in [-0.2, -0.15) is 0 Å². The van der Waals surface area contributed by atoms with Crippen LogP contribution in [0.2, 0.25) is 0 Å². The third kappa shape index (κ3) is 3.87. The zero-order chi connectivity index (χ0) is 23.8. The number of hydrogen-bond donors (Lipinski definition) is 2. The largest absolute Gasteiger partial charge is 0.493 e. The molecule has 0 saturated carbocycles. The number of halogens is 2. The molecule has 2 aliphatic rings. The number of hydrogen-bond acceptors (Lipinski definition) is 5. The molecule has 1 heterocycles. The van der Waals surface area contributed by atoms with E-state index < -0.39 is 23.6 Å². The zero-order valence-electron chi connectivity index (χ0n) is 18.8. The van der Waals surface area contributed by atoms with E-state index in [0.717, 1.165) is 34.8 Å². The Labute approximate surface area is 196 Å². The van der Waals surface area contributed by atoms with Crippen molar-refractivity contribution in [2.75, 3.05) is 24.9 Å². The highest BCUT2D eigenvalue weighted by Gasteiger charge is 2.40. The SMILES string of the molecule is COc1ccc(C2C=C3Nc4ccccc4NC(c4ccc(F)c(F)c4)C3C(=O)C2)cc1OC. The van der Waals surface area contributed by atoms with Crippen molar-refractivity contribution in [2.24, 2.45) is 5.92 Å². The van der Waals surface area contributed by atoms with E-state index in [2.05, 4.69) is 10.6 Å². The van der Waals surface area contributed by atoms with Gasteiger partial charge in [0.25, 0.3) is 0 Å². The summed E-state index contributed by atoms with van der Waals surface area (Å²) in [6.45, 7) is 0. The van der Waals surface area contributed by atoms with Gasteiger partial charge in [0.1, 0.15) is 5.78 Å². The summed E-state index contributed by atoms with van der Waals surface area (Å²) in [7, 11) is 3.15.